The third-order valence-corrected chi connectivity index (χ3v) is 6.48. The van der Waals surface area contributed by atoms with Crippen LogP contribution in [0.15, 0.2) is 38.0 Å². The summed E-state index contributed by atoms with van der Waals surface area (Å²) in [6.45, 7) is 7.52. The van der Waals surface area contributed by atoms with E-state index in [1.807, 2.05) is 0 Å². The van der Waals surface area contributed by atoms with Crippen molar-refractivity contribution < 1.29 is 81.3 Å². The molecule has 4 saturated carbocycles. The van der Waals surface area contributed by atoms with Crippen LogP contribution in [0.2, 0.25) is 0 Å². The number of hydrogen-bond acceptors (Lipinski definition) is 6. The van der Waals surface area contributed by atoms with Crippen LogP contribution >= 0.6 is 0 Å². The molecule has 0 aromatic rings. The van der Waals surface area contributed by atoms with Crippen LogP contribution in [0.1, 0.15) is 0 Å². The highest BCUT2D eigenvalue weighted by molar-refractivity contribution is 5.85. The normalized spacial score (nSPS) is 40.7. The zero-order valence-electron chi connectivity index (χ0n) is 17.4. The van der Waals surface area contributed by atoms with Gasteiger partial charge in [-0.1, -0.05) is 19.7 Å². The molecule has 0 spiro atoms. The Kier molecular flexibility index (Phi) is 5.37. The molecule has 0 aliphatic heterocycles. The molecule has 37 heavy (non-hydrogen) atoms. The summed E-state index contributed by atoms with van der Waals surface area (Å²) in [5.41, 5.74) is -27.1. The van der Waals surface area contributed by atoms with Crippen LogP contribution in [-0.4, -0.2) is 76.2 Å². The molecular formula is C19H10F12O6. The van der Waals surface area contributed by atoms with E-state index in [1.54, 1.807) is 0 Å². The molecule has 4 rings (SSSR count). The minimum Gasteiger partial charge on any atom is -0.439 e. The van der Waals surface area contributed by atoms with Crippen LogP contribution in [0.3, 0.4) is 0 Å². The highest BCUT2D eigenvalue weighted by Gasteiger charge is 3.21. The van der Waals surface area contributed by atoms with E-state index in [-0.39, 0.29) is 12.2 Å². The third-order valence-electron chi connectivity index (χ3n) is 6.48. The summed E-state index contributed by atoms with van der Waals surface area (Å²) in [7, 11) is 0. The summed E-state index contributed by atoms with van der Waals surface area (Å²) in [4.78, 5) is 35.0. The van der Waals surface area contributed by atoms with Crippen molar-refractivity contribution >= 4 is 17.9 Å². The van der Waals surface area contributed by atoms with E-state index in [2.05, 4.69) is 33.9 Å². The van der Waals surface area contributed by atoms with E-state index in [9.17, 15) is 14.4 Å². The van der Waals surface area contributed by atoms with Crippen LogP contribution in [0.25, 0.3) is 0 Å². The predicted molar refractivity (Wildman–Crippen MR) is 90.5 cm³/mol. The molecule has 4 aliphatic carbocycles. The van der Waals surface area contributed by atoms with Gasteiger partial charge in [-0.05, 0) is 0 Å². The molecule has 2 atom stereocenters. The summed E-state index contributed by atoms with van der Waals surface area (Å²) in [6, 6.07) is 0. The number of esters is 3. The lowest BCUT2D eigenvalue weighted by Gasteiger charge is -2.75. The Hall–Kier alpha value is -3.21. The van der Waals surface area contributed by atoms with Crippen molar-refractivity contribution in [2.75, 3.05) is 0 Å². The number of carbonyl (C=O) groups excluding carboxylic acids is 3. The van der Waals surface area contributed by atoms with Crippen LogP contribution in [0.4, 0.5) is 52.7 Å². The Bertz CT molecular complexity index is 1070. The van der Waals surface area contributed by atoms with Gasteiger partial charge in [0.05, 0.1) is 0 Å². The molecule has 0 aromatic carbocycles. The van der Waals surface area contributed by atoms with Crippen molar-refractivity contribution in [1.29, 1.82) is 0 Å². The molecule has 4 aliphatic rings. The monoisotopic (exact) mass is 562 g/mol. The topological polar surface area (TPSA) is 78.9 Å². The first-order chi connectivity index (χ1) is 16.5. The van der Waals surface area contributed by atoms with Gasteiger partial charge in [0, 0.05) is 18.2 Å². The largest absolute Gasteiger partial charge is 0.439 e. The minimum atomic E-state index is -7.55. The summed E-state index contributed by atoms with van der Waals surface area (Å²) in [6.07, 6.45) is -6.73. The molecule has 0 heterocycles. The number of hydrogen-bond donors (Lipinski definition) is 0. The number of alkyl halides is 12. The average Bonchev–Trinajstić information content (AvgIpc) is 2.78. The lowest BCUT2D eigenvalue weighted by molar-refractivity contribution is -0.601. The molecule has 0 N–H and O–H groups in total. The fraction of sp³-hybridized carbons (Fsp3) is 0.526. The number of halogens is 12. The van der Waals surface area contributed by atoms with E-state index in [0.29, 0.717) is 0 Å². The standard InChI is InChI=1S/C19H10F12O6/c1-4-7(32)35-11-10(20)12(36-8(33)5-2)16(24,25)13(21,15(11,22)23)19(30,31)14(17(11,26)27,18(12,28)29)37-9(34)6-3/h4-6,10H,1-3H2. The second-order valence-corrected chi connectivity index (χ2v) is 7.92. The number of carbonyl (C=O) groups is 3. The van der Waals surface area contributed by atoms with Crippen LogP contribution in [0.5, 0.6) is 0 Å². The highest BCUT2D eigenvalue weighted by atomic mass is 19.3. The van der Waals surface area contributed by atoms with Crippen LogP contribution < -0.4 is 0 Å². The first-order valence-electron chi connectivity index (χ1n) is 9.30. The molecule has 0 saturated heterocycles. The van der Waals surface area contributed by atoms with Crippen molar-refractivity contribution in [1.82, 2.24) is 0 Å². The van der Waals surface area contributed by atoms with Gasteiger partial charge in [-0.15, -0.1) is 0 Å². The Morgan fingerprint density at radius 1 is 0.541 bits per heavy atom. The quantitative estimate of drug-likeness (QED) is 0.213. The van der Waals surface area contributed by atoms with Gasteiger partial charge < -0.3 is 14.2 Å². The van der Waals surface area contributed by atoms with E-state index in [4.69, 9.17) is 0 Å². The van der Waals surface area contributed by atoms with Gasteiger partial charge in [-0.3, -0.25) is 0 Å². The smallest absolute Gasteiger partial charge is 0.347 e. The average molecular weight is 562 g/mol. The van der Waals surface area contributed by atoms with Crippen molar-refractivity contribution in [3.05, 3.63) is 38.0 Å². The molecule has 18 heteroatoms. The van der Waals surface area contributed by atoms with Gasteiger partial charge >= 0.3 is 58.8 Å². The van der Waals surface area contributed by atoms with Crippen LogP contribution in [0, 0.1) is 0 Å². The summed E-state index contributed by atoms with van der Waals surface area (Å²) in [5, 5.41) is 0. The van der Waals surface area contributed by atoms with Gasteiger partial charge in [0.1, 0.15) is 0 Å². The lowest BCUT2D eigenvalue weighted by Crippen LogP contribution is -3.10. The zero-order chi connectivity index (χ0) is 29.1. The van der Waals surface area contributed by atoms with Crippen LogP contribution in [-0.2, 0) is 28.6 Å². The van der Waals surface area contributed by atoms with Crippen molar-refractivity contribution in [2.45, 2.75) is 58.3 Å². The molecule has 0 aromatic heterocycles. The molecule has 4 fully saturated rings. The van der Waals surface area contributed by atoms with E-state index in [1.165, 1.54) is 0 Å². The van der Waals surface area contributed by atoms with E-state index >= 15 is 52.7 Å². The maximum absolute atomic E-state index is 15.7. The summed E-state index contributed by atoms with van der Waals surface area (Å²) in [5.74, 6) is -44.7. The fourth-order valence-electron chi connectivity index (χ4n) is 4.92. The molecule has 4 bridgehead atoms. The molecule has 6 nitrogen and oxygen atoms in total. The highest BCUT2D eigenvalue weighted by Crippen LogP contribution is 2.86. The molecule has 0 amide bonds. The predicted octanol–water partition coefficient (Wildman–Crippen LogP) is 3.65. The Balaban J connectivity index is 2.75. The van der Waals surface area contributed by atoms with Gasteiger partial charge in [0.2, 0.25) is 6.17 Å². The lowest BCUT2D eigenvalue weighted by atomic mass is 9.39. The Morgan fingerprint density at radius 3 is 1.14 bits per heavy atom. The maximum atomic E-state index is 15.7. The third kappa shape index (κ3) is 2.17. The number of rotatable bonds is 6. The maximum Gasteiger partial charge on any atom is 0.347 e. The van der Waals surface area contributed by atoms with E-state index < -0.39 is 82.2 Å². The second-order valence-electron chi connectivity index (χ2n) is 7.92. The fourth-order valence-corrected chi connectivity index (χ4v) is 4.92. The van der Waals surface area contributed by atoms with Crippen molar-refractivity contribution in [3.8, 4) is 0 Å². The second kappa shape index (κ2) is 7.00. The first-order valence-corrected chi connectivity index (χ1v) is 9.30. The van der Waals surface area contributed by atoms with Gasteiger partial charge in [0.15, 0.2) is 0 Å². The molecule has 2 unspecified atom stereocenters. The first kappa shape index (κ1) is 28.4. The summed E-state index contributed by atoms with van der Waals surface area (Å²) < 4.78 is 196. The van der Waals surface area contributed by atoms with Gasteiger partial charge in [0.25, 0.3) is 11.2 Å². The van der Waals surface area contributed by atoms with Gasteiger partial charge in [-0.25, -0.2) is 23.2 Å². The molecule has 0 radical (unpaired) electrons. The number of ether oxygens (including phenoxy) is 3. The molecule has 206 valence electrons. The SMILES string of the molecule is C=CC(=O)OC12C(F)C3(OC(=O)C=C)C(F)(F)C(F)(C1(F)F)C(F)(F)C(OC(=O)C=C)(C2(F)F)C3(F)F. The molecular weight excluding hydrogens is 552 g/mol. The Labute approximate surface area is 196 Å². The van der Waals surface area contributed by atoms with Crippen molar-refractivity contribution in [2.24, 2.45) is 0 Å². The minimum absolute atomic E-state index is 0.359. The van der Waals surface area contributed by atoms with E-state index in [0.717, 1.165) is 0 Å². The Morgan fingerprint density at radius 2 is 0.838 bits per heavy atom. The van der Waals surface area contributed by atoms with Gasteiger partial charge in [-0.2, -0.15) is 43.9 Å². The summed E-state index contributed by atoms with van der Waals surface area (Å²) >= 11 is 0. The van der Waals surface area contributed by atoms with Crippen molar-refractivity contribution in [3.63, 3.8) is 0 Å². The zero-order valence-corrected chi connectivity index (χ0v) is 17.4.